The van der Waals surface area contributed by atoms with Crippen LogP contribution < -0.4 is 5.32 Å². The molecule has 5 heteroatoms. The van der Waals surface area contributed by atoms with Gasteiger partial charge in [-0.05, 0) is 50.6 Å². The van der Waals surface area contributed by atoms with Gasteiger partial charge in [-0.2, -0.15) is 0 Å². The predicted molar refractivity (Wildman–Crippen MR) is 105 cm³/mol. The second kappa shape index (κ2) is 8.42. The van der Waals surface area contributed by atoms with E-state index < -0.39 is 0 Å². The Morgan fingerprint density at radius 2 is 1.67 bits per heavy atom. The number of likely N-dealkylation sites (tertiary alicyclic amines) is 2. The van der Waals surface area contributed by atoms with Gasteiger partial charge < -0.3 is 10.2 Å². The van der Waals surface area contributed by atoms with Crippen LogP contribution in [0.15, 0.2) is 30.3 Å². The fraction of sp³-hybridized carbons (Fsp3) is 0.636. The minimum Gasteiger partial charge on any atom is -0.352 e. The normalized spacial score (nSPS) is 24.6. The summed E-state index contributed by atoms with van der Waals surface area (Å²) in [5, 5.41) is 3.12. The molecule has 0 bridgehead atoms. The number of hydrogen-bond donors (Lipinski definition) is 1. The van der Waals surface area contributed by atoms with Gasteiger partial charge in [-0.3, -0.25) is 14.5 Å². The molecule has 2 aliphatic heterocycles. The van der Waals surface area contributed by atoms with Gasteiger partial charge in [-0.1, -0.05) is 30.3 Å². The summed E-state index contributed by atoms with van der Waals surface area (Å²) in [6.45, 7) is 4.34. The number of nitrogens with zero attached hydrogens (tertiary/aromatic N) is 2. The van der Waals surface area contributed by atoms with Gasteiger partial charge in [0.2, 0.25) is 11.8 Å². The molecular formula is C22H31N3O2. The Balaban J connectivity index is 1.24. The molecule has 5 nitrogen and oxygen atoms in total. The Labute approximate surface area is 162 Å². The summed E-state index contributed by atoms with van der Waals surface area (Å²) in [6.07, 6.45) is 6.35. The van der Waals surface area contributed by atoms with Crippen molar-refractivity contribution in [3.63, 3.8) is 0 Å². The van der Waals surface area contributed by atoms with E-state index in [-0.39, 0.29) is 11.8 Å². The summed E-state index contributed by atoms with van der Waals surface area (Å²) in [5.74, 6) is 0.984. The lowest BCUT2D eigenvalue weighted by Gasteiger charge is -2.42. The molecular weight excluding hydrogens is 338 g/mol. The van der Waals surface area contributed by atoms with Gasteiger partial charge in [0, 0.05) is 38.1 Å². The van der Waals surface area contributed by atoms with E-state index in [1.54, 1.807) is 0 Å². The molecule has 3 aliphatic rings. The van der Waals surface area contributed by atoms with Crippen LogP contribution in [0, 0.1) is 11.8 Å². The van der Waals surface area contributed by atoms with Gasteiger partial charge in [-0.15, -0.1) is 0 Å². The molecule has 2 saturated heterocycles. The third-order valence-corrected chi connectivity index (χ3v) is 6.35. The van der Waals surface area contributed by atoms with Crippen molar-refractivity contribution in [2.75, 3.05) is 26.2 Å². The second-order valence-electron chi connectivity index (χ2n) is 8.37. The first-order valence-corrected chi connectivity index (χ1v) is 10.5. The maximum absolute atomic E-state index is 12.6. The molecule has 1 saturated carbocycles. The highest BCUT2D eigenvalue weighted by Gasteiger charge is 2.37. The van der Waals surface area contributed by atoms with Gasteiger partial charge in [0.15, 0.2) is 0 Å². The monoisotopic (exact) mass is 369 g/mol. The minimum atomic E-state index is 0.0913. The Kier molecular flexibility index (Phi) is 5.77. The van der Waals surface area contributed by atoms with Crippen LogP contribution in [-0.2, 0) is 16.1 Å². The number of hydrogen-bond acceptors (Lipinski definition) is 3. The molecule has 27 heavy (non-hydrogen) atoms. The molecule has 1 aliphatic carbocycles. The van der Waals surface area contributed by atoms with E-state index in [9.17, 15) is 9.59 Å². The molecule has 1 aromatic rings. The van der Waals surface area contributed by atoms with Crippen LogP contribution in [0.1, 0.15) is 44.1 Å². The summed E-state index contributed by atoms with van der Waals surface area (Å²) < 4.78 is 0. The Bertz CT molecular complexity index is 651. The number of nitrogens with one attached hydrogen (secondary N) is 1. The van der Waals surface area contributed by atoms with Gasteiger partial charge in [0.05, 0.1) is 5.92 Å². The Hall–Kier alpha value is -1.88. The maximum Gasteiger partial charge on any atom is 0.225 e. The molecule has 0 unspecified atom stereocenters. The lowest BCUT2D eigenvalue weighted by atomic mass is 9.93. The van der Waals surface area contributed by atoms with Crippen molar-refractivity contribution in [3.05, 3.63) is 35.9 Å². The van der Waals surface area contributed by atoms with Crippen molar-refractivity contribution in [2.45, 2.75) is 51.1 Å². The number of carbonyl (C=O) groups excluding carboxylic acids is 2. The first-order chi connectivity index (χ1) is 13.2. The predicted octanol–water partition coefficient (Wildman–Crippen LogP) is 2.42. The van der Waals surface area contributed by atoms with E-state index in [0.717, 1.165) is 70.3 Å². The number of rotatable bonds is 5. The molecule has 2 heterocycles. The summed E-state index contributed by atoms with van der Waals surface area (Å²) in [4.78, 5) is 29.4. The van der Waals surface area contributed by atoms with E-state index >= 15 is 0 Å². The summed E-state index contributed by atoms with van der Waals surface area (Å²) >= 11 is 0. The number of carbonyl (C=O) groups is 2. The number of benzene rings is 1. The van der Waals surface area contributed by atoms with Gasteiger partial charge in [0.25, 0.3) is 0 Å². The van der Waals surface area contributed by atoms with Crippen LogP contribution in [-0.4, -0.2) is 53.8 Å². The van der Waals surface area contributed by atoms with Crippen molar-refractivity contribution in [1.82, 2.24) is 15.1 Å². The zero-order chi connectivity index (χ0) is 18.6. The fourth-order valence-electron chi connectivity index (χ4n) is 4.52. The largest absolute Gasteiger partial charge is 0.352 e. The van der Waals surface area contributed by atoms with Crippen molar-refractivity contribution in [3.8, 4) is 0 Å². The summed E-state index contributed by atoms with van der Waals surface area (Å²) in [6, 6.07) is 10.6. The van der Waals surface area contributed by atoms with Crippen LogP contribution in [0.3, 0.4) is 0 Å². The van der Waals surface area contributed by atoms with Crippen molar-refractivity contribution >= 4 is 11.8 Å². The van der Waals surface area contributed by atoms with Crippen LogP contribution >= 0.6 is 0 Å². The second-order valence-corrected chi connectivity index (χ2v) is 8.37. The molecule has 3 fully saturated rings. The minimum absolute atomic E-state index is 0.0913. The zero-order valence-corrected chi connectivity index (χ0v) is 16.1. The highest BCUT2D eigenvalue weighted by molar-refractivity contribution is 5.81. The quantitative estimate of drug-likeness (QED) is 0.867. The Morgan fingerprint density at radius 1 is 0.926 bits per heavy atom. The summed E-state index contributed by atoms with van der Waals surface area (Å²) in [5.41, 5.74) is 1.14. The van der Waals surface area contributed by atoms with E-state index in [0.29, 0.717) is 24.4 Å². The van der Waals surface area contributed by atoms with E-state index in [4.69, 9.17) is 0 Å². The van der Waals surface area contributed by atoms with Crippen molar-refractivity contribution < 1.29 is 9.59 Å². The molecule has 2 amide bonds. The molecule has 4 rings (SSSR count). The molecule has 0 radical (unpaired) electrons. The van der Waals surface area contributed by atoms with Gasteiger partial charge in [-0.25, -0.2) is 0 Å². The van der Waals surface area contributed by atoms with Crippen molar-refractivity contribution in [1.29, 1.82) is 0 Å². The standard InChI is InChI=1S/C22H31N3O2/c26-21(23-15-17-5-2-1-3-6-17)19-7-4-12-25(16-19)20-10-13-24(14-11-20)22(27)18-8-9-18/h1-3,5-6,18-20H,4,7-16H2,(H,23,26)/t19-/m1/s1. The van der Waals surface area contributed by atoms with E-state index in [1.807, 2.05) is 30.3 Å². The van der Waals surface area contributed by atoms with E-state index in [2.05, 4.69) is 15.1 Å². The summed E-state index contributed by atoms with van der Waals surface area (Å²) in [7, 11) is 0. The first-order valence-electron chi connectivity index (χ1n) is 10.5. The number of amides is 2. The average molecular weight is 370 g/mol. The molecule has 0 aromatic heterocycles. The fourth-order valence-corrected chi connectivity index (χ4v) is 4.52. The highest BCUT2D eigenvalue weighted by atomic mass is 16.2. The lowest BCUT2D eigenvalue weighted by Crippen LogP contribution is -2.51. The molecule has 146 valence electrons. The SMILES string of the molecule is O=C(NCc1ccccc1)[C@@H]1CCCN(C2CCN(C(=O)C3CC3)CC2)C1. The molecule has 1 aromatic carbocycles. The van der Waals surface area contributed by atoms with E-state index in [1.165, 1.54) is 0 Å². The van der Waals surface area contributed by atoms with Crippen LogP contribution in [0.2, 0.25) is 0 Å². The first kappa shape index (κ1) is 18.5. The molecule has 0 spiro atoms. The van der Waals surface area contributed by atoms with Crippen LogP contribution in [0.4, 0.5) is 0 Å². The smallest absolute Gasteiger partial charge is 0.225 e. The maximum atomic E-state index is 12.6. The third kappa shape index (κ3) is 4.70. The topological polar surface area (TPSA) is 52.7 Å². The molecule has 1 N–H and O–H groups in total. The van der Waals surface area contributed by atoms with Gasteiger partial charge in [0.1, 0.15) is 0 Å². The van der Waals surface area contributed by atoms with Crippen LogP contribution in [0.25, 0.3) is 0 Å². The zero-order valence-electron chi connectivity index (χ0n) is 16.1. The average Bonchev–Trinajstić information content (AvgIpc) is 3.58. The lowest BCUT2D eigenvalue weighted by molar-refractivity contribution is -0.134. The van der Waals surface area contributed by atoms with Crippen LogP contribution in [0.5, 0.6) is 0 Å². The van der Waals surface area contributed by atoms with Crippen molar-refractivity contribution in [2.24, 2.45) is 11.8 Å². The Morgan fingerprint density at radius 3 is 2.37 bits per heavy atom. The molecule has 1 atom stereocenters. The van der Waals surface area contributed by atoms with Gasteiger partial charge >= 0.3 is 0 Å². The highest BCUT2D eigenvalue weighted by Crippen LogP contribution is 2.32. The number of piperidine rings is 2. The third-order valence-electron chi connectivity index (χ3n) is 6.35.